The van der Waals surface area contributed by atoms with Gasteiger partial charge in [0.25, 0.3) is 0 Å². The van der Waals surface area contributed by atoms with Crippen LogP contribution in [0.4, 0.5) is 5.82 Å². The van der Waals surface area contributed by atoms with E-state index in [2.05, 4.69) is 35.9 Å². The summed E-state index contributed by atoms with van der Waals surface area (Å²) in [6, 6.07) is 13.2. The second kappa shape index (κ2) is 9.71. The highest BCUT2D eigenvalue weighted by molar-refractivity contribution is 9.10. The molecule has 0 aliphatic carbocycles. The van der Waals surface area contributed by atoms with Crippen LogP contribution in [0.15, 0.2) is 57.9 Å². The molecule has 0 aliphatic heterocycles. The summed E-state index contributed by atoms with van der Waals surface area (Å²) >= 11 is 3.26. The summed E-state index contributed by atoms with van der Waals surface area (Å²) in [7, 11) is -2.45. The van der Waals surface area contributed by atoms with Crippen LogP contribution in [0, 0.1) is 5.92 Å². The molecule has 1 atom stereocenters. The fourth-order valence-corrected chi connectivity index (χ4v) is 4.97. The number of benzene rings is 2. The Morgan fingerprint density at radius 3 is 2.45 bits per heavy atom. The third-order valence-electron chi connectivity index (χ3n) is 4.61. The van der Waals surface area contributed by atoms with Gasteiger partial charge in [-0.15, -0.1) is 0 Å². The van der Waals surface area contributed by atoms with Crippen LogP contribution < -0.4 is 10.0 Å². The molecule has 0 aliphatic rings. The molecule has 10 heteroatoms. The molecule has 0 saturated heterocycles. The molecule has 0 saturated carbocycles. The van der Waals surface area contributed by atoms with E-state index in [0.29, 0.717) is 15.8 Å². The minimum absolute atomic E-state index is 0.0569. The maximum absolute atomic E-state index is 12.7. The van der Waals surface area contributed by atoms with Crippen LogP contribution in [-0.4, -0.2) is 37.5 Å². The summed E-state index contributed by atoms with van der Waals surface area (Å²) in [6.07, 6.45) is 0. The second-order valence-electron chi connectivity index (χ2n) is 7.15. The van der Waals surface area contributed by atoms with E-state index in [4.69, 9.17) is 4.74 Å². The average Bonchev–Trinajstić information content (AvgIpc) is 2.75. The number of hydrogen-bond acceptors (Lipinski definition) is 7. The van der Waals surface area contributed by atoms with E-state index < -0.39 is 22.0 Å². The Balaban J connectivity index is 1.93. The molecule has 0 bridgehead atoms. The van der Waals surface area contributed by atoms with Gasteiger partial charge in [-0.05, 0) is 46.1 Å². The van der Waals surface area contributed by atoms with Crippen molar-refractivity contribution in [1.29, 1.82) is 0 Å². The summed E-state index contributed by atoms with van der Waals surface area (Å²) in [5, 5.41) is 3.86. The van der Waals surface area contributed by atoms with Crippen LogP contribution in [0.5, 0.6) is 0 Å². The van der Waals surface area contributed by atoms with Crippen LogP contribution >= 0.6 is 15.9 Å². The summed E-state index contributed by atoms with van der Waals surface area (Å²) in [6.45, 7) is 3.67. The Morgan fingerprint density at radius 1 is 1.10 bits per heavy atom. The number of nitrogens with one attached hydrogen (secondary N) is 2. The van der Waals surface area contributed by atoms with E-state index in [9.17, 15) is 13.2 Å². The molecule has 1 aromatic heterocycles. The number of aromatic nitrogens is 2. The van der Waals surface area contributed by atoms with E-state index in [0.717, 1.165) is 5.39 Å². The summed E-state index contributed by atoms with van der Waals surface area (Å²) in [5.74, 6) is 0.237. The van der Waals surface area contributed by atoms with Crippen molar-refractivity contribution in [3.63, 3.8) is 0 Å². The Labute approximate surface area is 189 Å². The molecule has 2 aromatic carbocycles. The van der Waals surface area contributed by atoms with Gasteiger partial charge in [-0.1, -0.05) is 38.1 Å². The SMILES string of the molecule is COC(=O)[C@@H](Nc1nc(CNS(=O)(=O)c2ccccc2Br)nc2ccccc12)C(C)C. The third kappa shape index (κ3) is 5.38. The van der Waals surface area contributed by atoms with Crippen molar-refractivity contribution in [2.45, 2.75) is 31.3 Å². The molecule has 0 amide bonds. The number of carbonyl (C=O) groups excluding carboxylic acids is 1. The monoisotopic (exact) mass is 506 g/mol. The van der Waals surface area contributed by atoms with Crippen LogP contribution in [0.1, 0.15) is 19.7 Å². The number of carbonyl (C=O) groups is 1. The van der Waals surface area contributed by atoms with Gasteiger partial charge in [0.15, 0.2) is 0 Å². The lowest BCUT2D eigenvalue weighted by Crippen LogP contribution is -2.36. The molecule has 0 unspecified atom stereocenters. The molecule has 0 radical (unpaired) electrons. The van der Waals surface area contributed by atoms with Crippen LogP contribution in [0.2, 0.25) is 0 Å². The first kappa shape index (κ1) is 23.1. The number of sulfonamides is 1. The number of para-hydroxylation sites is 1. The van der Waals surface area contributed by atoms with E-state index >= 15 is 0 Å². The predicted octanol–water partition coefficient (Wildman–Crippen LogP) is 3.48. The number of esters is 1. The Bertz CT molecular complexity index is 1200. The molecule has 1 heterocycles. The van der Waals surface area contributed by atoms with Gasteiger partial charge < -0.3 is 10.1 Å². The zero-order chi connectivity index (χ0) is 22.6. The number of anilines is 1. The van der Waals surface area contributed by atoms with Gasteiger partial charge in [-0.3, -0.25) is 0 Å². The van der Waals surface area contributed by atoms with E-state index in [-0.39, 0.29) is 23.2 Å². The first-order valence-corrected chi connectivity index (χ1v) is 11.8. The zero-order valence-corrected chi connectivity index (χ0v) is 19.7. The van der Waals surface area contributed by atoms with Gasteiger partial charge in [0, 0.05) is 9.86 Å². The van der Waals surface area contributed by atoms with Gasteiger partial charge in [0.2, 0.25) is 10.0 Å². The summed E-state index contributed by atoms with van der Waals surface area (Å²) in [5.41, 5.74) is 0.627. The van der Waals surface area contributed by atoms with Gasteiger partial charge >= 0.3 is 5.97 Å². The number of fused-ring (bicyclic) bond motifs is 1. The first-order chi connectivity index (χ1) is 14.7. The van der Waals surface area contributed by atoms with Crippen LogP contribution in [0.3, 0.4) is 0 Å². The Kier molecular flexibility index (Phi) is 7.24. The first-order valence-electron chi connectivity index (χ1n) is 9.57. The molecular weight excluding hydrogens is 484 g/mol. The highest BCUT2D eigenvalue weighted by Crippen LogP contribution is 2.24. The highest BCUT2D eigenvalue weighted by atomic mass is 79.9. The molecule has 3 rings (SSSR count). The van der Waals surface area contributed by atoms with Crippen molar-refractivity contribution in [3.8, 4) is 0 Å². The molecule has 3 aromatic rings. The van der Waals surface area contributed by atoms with Crippen molar-refractivity contribution in [2.24, 2.45) is 5.92 Å². The normalized spacial score (nSPS) is 12.7. The lowest BCUT2D eigenvalue weighted by atomic mass is 10.0. The van der Waals surface area contributed by atoms with E-state index in [1.807, 2.05) is 32.0 Å². The van der Waals surface area contributed by atoms with Crippen molar-refractivity contribution in [2.75, 3.05) is 12.4 Å². The maximum atomic E-state index is 12.7. The van der Waals surface area contributed by atoms with E-state index in [1.54, 1.807) is 24.3 Å². The van der Waals surface area contributed by atoms with Crippen molar-refractivity contribution in [3.05, 3.63) is 58.8 Å². The highest BCUT2D eigenvalue weighted by Gasteiger charge is 2.25. The minimum Gasteiger partial charge on any atom is -0.467 e. The topological polar surface area (TPSA) is 110 Å². The second-order valence-corrected chi connectivity index (χ2v) is 9.74. The third-order valence-corrected chi connectivity index (χ3v) is 7.02. The molecule has 0 fully saturated rings. The van der Waals surface area contributed by atoms with Gasteiger partial charge in [-0.25, -0.2) is 27.9 Å². The fraction of sp³-hybridized carbons (Fsp3) is 0.286. The number of methoxy groups -OCH3 is 1. The quantitative estimate of drug-likeness (QED) is 0.449. The fourth-order valence-electron chi connectivity index (χ4n) is 2.99. The molecule has 164 valence electrons. The number of rotatable bonds is 8. The molecular formula is C21H23BrN4O4S. The number of halogens is 1. The smallest absolute Gasteiger partial charge is 0.328 e. The lowest BCUT2D eigenvalue weighted by molar-refractivity contribution is -0.142. The van der Waals surface area contributed by atoms with Crippen molar-refractivity contribution < 1.29 is 17.9 Å². The zero-order valence-electron chi connectivity index (χ0n) is 17.3. The minimum atomic E-state index is -3.78. The Hall–Kier alpha value is -2.56. The van der Waals surface area contributed by atoms with Gasteiger partial charge in [0.1, 0.15) is 17.7 Å². The summed E-state index contributed by atoms with van der Waals surface area (Å²) < 4.78 is 33.3. The standard InChI is InChI=1S/C21H23BrN4O4S/c1-13(2)19(21(27)30-3)26-20-14-8-4-6-10-16(14)24-18(25-20)12-23-31(28,29)17-11-7-5-9-15(17)22/h4-11,13,19,23H,12H2,1-3H3,(H,24,25,26)/t19-/m0/s1. The number of ether oxygens (including phenoxy) is 1. The largest absolute Gasteiger partial charge is 0.467 e. The number of hydrogen-bond donors (Lipinski definition) is 2. The van der Waals surface area contributed by atoms with Crippen molar-refractivity contribution >= 4 is 48.6 Å². The maximum Gasteiger partial charge on any atom is 0.328 e. The van der Waals surface area contributed by atoms with Gasteiger partial charge in [0.05, 0.1) is 24.1 Å². The van der Waals surface area contributed by atoms with E-state index in [1.165, 1.54) is 13.2 Å². The molecule has 2 N–H and O–H groups in total. The molecule has 0 spiro atoms. The van der Waals surface area contributed by atoms with Crippen LogP contribution in [-0.2, 0) is 26.1 Å². The summed E-state index contributed by atoms with van der Waals surface area (Å²) in [4.78, 5) is 21.3. The van der Waals surface area contributed by atoms with Crippen molar-refractivity contribution in [1.82, 2.24) is 14.7 Å². The van der Waals surface area contributed by atoms with Gasteiger partial charge in [-0.2, -0.15) is 0 Å². The number of nitrogens with zero attached hydrogens (tertiary/aromatic N) is 2. The molecule has 8 nitrogen and oxygen atoms in total. The van der Waals surface area contributed by atoms with Crippen LogP contribution in [0.25, 0.3) is 10.9 Å². The predicted molar refractivity (Wildman–Crippen MR) is 122 cm³/mol. The molecule has 31 heavy (non-hydrogen) atoms. The Morgan fingerprint density at radius 2 is 1.77 bits per heavy atom. The lowest BCUT2D eigenvalue weighted by Gasteiger charge is -2.21. The average molecular weight is 507 g/mol.